The van der Waals surface area contributed by atoms with Gasteiger partial charge in [-0.2, -0.15) is 5.10 Å². The summed E-state index contributed by atoms with van der Waals surface area (Å²) in [5, 5.41) is 10.6. The van der Waals surface area contributed by atoms with Crippen molar-refractivity contribution in [1.29, 1.82) is 0 Å². The summed E-state index contributed by atoms with van der Waals surface area (Å²) in [6.45, 7) is 5.33. The quantitative estimate of drug-likeness (QED) is 0.568. The van der Waals surface area contributed by atoms with Gasteiger partial charge in [-0.15, -0.1) is 0 Å². The van der Waals surface area contributed by atoms with Crippen LogP contribution in [0.1, 0.15) is 40.2 Å². The Balaban J connectivity index is 1.35. The number of hydrogen-bond acceptors (Lipinski definition) is 6. The van der Waals surface area contributed by atoms with Gasteiger partial charge in [0.05, 0.1) is 28.3 Å². The van der Waals surface area contributed by atoms with Gasteiger partial charge in [-0.05, 0) is 57.9 Å². The maximum Gasteiger partial charge on any atom is 0.340 e. The van der Waals surface area contributed by atoms with E-state index in [1.807, 2.05) is 45.0 Å². The minimum Gasteiger partial charge on any atom is -0.452 e. The summed E-state index contributed by atoms with van der Waals surface area (Å²) in [5.74, 6) is -0.291. The highest BCUT2D eigenvalue weighted by atomic mass is 16.5. The van der Waals surface area contributed by atoms with E-state index in [0.717, 1.165) is 35.6 Å². The molecular formula is C23H25N5O3. The van der Waals surface area contributed by atoms with Gasteiger partial charge in [0.1, 0.15) is 5.82 Å². The number of amides is 1. The van der Waals surface area contributed by atoms with Crippen molar-refractivity contribution < 1.29 is 14.3 Å². The van der Waals surface area contributed by atoms with Crippen LogP contribution in [0.2, 0.25) is 0 Å². The van der Waals surface area contributed by atoms with Crippen molar-refractivity contribution in [3.05, 3.63) is 65.1 Å². The predicted octanol–water partition coefficient (Wildman–Crippen LogP) is 3.56. The number of benzene rings is 1. The third kappa shape index (κ3) is 4.91. The van der Waals surface area contributed by atoms with Crippen LogP contribution in [-0.4, -0.2) is 39.3 Å². The van der Waals surface area contributed by atoms with E-state index in [9.17, 15) is 9.59 Å². The Morgan fingerprint density at radius 3 is 2.48 bits per heavy atom. The van der Waals surface area contributed by atoms with Crippen LogP contribution in [0.3, 0.4) is 0 Å². The molecule has 0 spiro atoms. The molecule has 1 aromatic carbocycles. The number of carbonyl (C=O) groups is 2. The minimum atomic E-state index is -0.593. The van der Waals surface area contributed by atoms with Crippen LogP contribution in [0.15, 0.2) is 42.6 Å². The van der Waals surface area contributed by atoms with Gasteiger partial charge >= 0.3 is 5.97 Å². The zero-order valence-corrected chi connectivity index (χ0v) is 17.8. The number of anilines is 2. The van der Waals surface area contributed by atoms with Crippen molar-refractivity contribution in [2.45, 2.75) is 39.7 Å². The molecule has 2 aromatic heterocycles. The zero-order chi connectivity index (χ0) is 22.0. The number of carbonyl (C=O) groups excluding carboxylic acids is 2. The summed E-state index contributed by atoms with van der Waals surface area (Å²) >= 11 is 0. The smallest absolute Gasteiger partial charge is 0.340 e. The molecule has 0 unspecified atom stereocenters. The number of esters is 1. The van der Waals surface area contributed by atoms with Gasteiger partial charge in [-0.3, -0.25) is 4.79 Å². The van der Waals surface area contributed by atoms with Crippen molar-refractivity contribution in [3.8, 4) is 5.69 Å². The van der Waals surface area contributed by atoms with Gasteiger partial charge in [-0.25, -0.2) is 14.5 Å². The summed E-state index contributed by atoms with van der Waals surface area (Å²) in [7, 11) is 0. The van der Waals surface area contributed by atoms with Gasteiger partial charge in [-0.1, -0.05) is 17.7 Å². The number of hydrogen-bond donors (Lipinski definition) is 2. The minimum absolute atomic E-state index is 0.300. The second-order valence-electron chi connectivity index (χ2n) is 7.77. The zero-order valence-electron chi connectivity index (χ0n) is 17.8. The molecule has 1 aliphatic carbocycles. The van der Waals surface area contributed by atoms with Crippen LogP contribution in [-0.2, 0) is 9.53 Å². The predicted molar refractivity (Wildman–Crippen MR) is 118 cm³/mol. The van der Waals surface area contributed by atoms with Crippen molar-refractivity contribution >= 4 is 23.4 Å². The molecule has 0 aliphatic heterocycles. The molecule has 2 heterocycles. The Labute approximate surface area is 180 Å². The summed E-state index contributed by atoms with van der Waals surface area (Å²) in [6, 6.07) is 11.8. The maximum atomic E-state index is 12.4. The molecule has 2 N–H and O–H groups in total. The van der Waals surface area contributed by atoms with Crippen LogP contribution >= 0.6 is 0 Å². The van der Waals surface area contributed by atoms with Crippen LogP contribution in [0.5, 0.6) is 0 Å². The highest BCUT2D eigenvalue weighted by Crippen LogP contribution is 2.24. The van der Waals surface area contributed by atoms with E-state index in [0.29, 0.717) is 23.0 Å². The van der Waals surface area contributed by atoms with Gasteiger partial charge in [0, 0.05) is 12.2 Å². The molecule has 4 rings (SSSR count). The molecule has 160 valence electrons. The molecule has 8 nitrogen and oxygen atoms in total. The molecule has 1 fully saturated rings. The van der Waals surface area contributed by atoms with Gasteiger partial charge in [0.25, 0.3) is 5.91 Å². The van der Waals surface area contributed by atoms with Crippen LogP contribution in [0, 0.1) is 20.8 Å². The molecular weight excluding hydrogens is 394 g/mol. The van der Waals surface area contributed by atoms with E-state index >= 15 is 0 Å². The molecule has 0 radical (unpaired) electrons. The number of pyridine rings is 1. The molecule has 0 atom stereocenters. The molecule has 31 heavy (non-hydrogen) atoms. The first kappa shape index (κ1) is 20.6. The first-order valence-corrected chi connectivity index (χ1v) is 10.2. The standard InChI is InChI=1S/C23H25N5O3/c1-14-4-9-19(10-5-14)28-16(3)22(15(2)27-28)26-21(29)13-31-23(30)17-6-11-20(24-12-17)25-18-7-8-18/h4-6,9-12,18H,7-8,13H2,1-3H3,(H,24,25)(H,26,29). The van der Waals surface area contributed by atoms with E-state index < -0.39 is 18.5 Å². The molecule has 1 amide bonds. The van der Waals surface area contributed by atoms with Crippen molar-refractivity contribution in [1.82, 2.24) is 14.8 Å². The largest absolute Gasteiger partial charge is 0.452 e. The Hall–Kier alpha value is -3.68. The fourth-order valence-electron chi connectivity index (χ4n) is 3.19. The lowest BCUT2D eigenvalue weighted by molar-refractivity contribution is -0.119. The SMILES string of the molecule is Cc1ccc(-n2nc(C)c(NC(=O)COC(=O)c3ccc(NC4CC4)nc3)c2C)cc1. The lowest BCUT2D eigenvalue weighted by Gasteiger charge is -2.08. The van der Waals surface area contributed by atoms with Crippen molar-refractivity contribution in [3.63, 3.8) is 0 Å². The number of nitrogens with one attached hydrogen (secondary N) is 2. The van der Waals surface area contributed by atoms with Crippen LogP contribution in [0.25, 0.3) is 5.69 Å². The van der Waals surface area contributed by atoms with Crippen LogP contribution in [0.4, 0.5) is 11.5 Å². The molecule has 8 heteroatoms. The summed E-state index contributed by atoms with van der Waals surface area (Å²) < 4.78 is 6.92. The summed E-state index contributed by atoms with van der Waals surface area (Å²) in [6.07, 6.45) is 3.73. The van der Waals surface area contributed by atoms with E-state index in [2.05, 4.69) is 20.7 Å². The number of nitrogens with zero attached hydrogens (tertiary/aromatic N) is 3. The molecule has 1 aliphatic rings. The normalized spacial score (nSPS) is 13.0. The maximum absolute atomic E-state index is 12.4. The number of rotatable bonds is 7. The molecule has 1 saturated carbocycles. The van der Waals surface area contributed by atoms with E-state index in [1.165, 1.54) is 6.20 Å². The summed E-state index contributed by atoms with van der Waals surface area (Å²) in [4.78, 5) is 28.8. The summed E-state index contributed by atoms with van der Waals surface area (Å²) in [5.41, 5.74) is 4.45. The second kappa shape index (κ2) is 8.59. The van der Waals surface area contributed by atoms with Crippen LogP contribution < -0.4 is 10.6 Å². The lowest BCUT2D eigenvalue weighted by atomic mass is 10.2. The number of aromatic nitrogens is 3. The van der Waals surface area contributed by atoms with Gasteiger partial charge in [0.15, 0.2) is 6.61 Å². The van der Waals surface area contributed by atoms with E-state index in [4.69, 9.17) is 4.74 Å². The lowest BCUT2D eigenvalue weighted by Crippen LogP contribution is -2.21. The third-order valence-corrected chi connectivity index (χ3v) is 5.10. The Kier molecular flexibility index (Phi) is 5.70. The second-order valence-corrected chi connectivity index (χ2v) is 7.77. The topological polar surface area (TPSA) is 98.1 Å². The monoisotopic (exact) mass is 419 g/mol. The van der Waals surface area contributed by atoms with E-state index in [-0.39, 0.29) is 0 Å². The first-order valence-electron chi connectivity index (χ1n) is 10.2. The highest BCUT2D eigenvalue weighted by molar-refractivity contribution is 5.96. The average molecular weight is 419 g/mol. The third-order valence-electron chi connectivity index (χ3n) is 5.10. The van der Waals surface area contributed by atoms with Crippen molar-refractivity contribution in [2.75, 3.05) is 17.2 Å². The Morgan fingerprint density at radius 2 is 1.84 bits per heavy atom. The first-order chi connectivity index (χ1) is 14.9. The molecule has 3 aromatic rings. The Morgan fingerprint density at radius 1 is 1.10 bits per heavy atom. The van der Waals surface area contributed by atoms with Gasteiger partial charge in [0.2, 0.25) is 0 Å². The highest BCUT2D eigenvalue weighted by Gasteiger charge is 2.21. The van der Waals surface area contributed by atoms with Gasteiger partial charge < -0.3 is 15.4 Å². The fourth-order valence-corrected chi connectivity index (χ4v) is 3.19. The number of ether oxygens (including phenoxy) is 1. The molecule has 0 bridgehead atoms. The molecule has 0 saturated heterocycles. The fraction of sp³-hybridized carbons (Fsp3) is 0.304. The Bertz CT molecular complexity index is 1100. The average Bonchev–Trinajstić information content (AvgIpc) is 3.54. The van der Waals surface area contributed by atoms with E-state index in [1.54, 1.807) is 16.8 Å². The number of aryl methyl sites for hydroxylation is 2. The van der Waals surface area contributed by atoms with Crippen molar-refractivity contribution in [2.24, 2.45) is 0 Å².